The minimum Gasteiger partial charge on any atom is -0.489 e. The molecule has 1 aromatic rings. The van der Waals surface area contributed by atoms with Crippen molar-refractivity contribution in [3.05, 3.63) is 23.8 Å². The molecule has 3 heterocycles. The fraction of sp³-hybridized carbons (Fsp3) is 0.619. The summed E-state index contributed by atoms with van der Waals surface area (Å²) in [5, 5.41) is 0. The SMILES string of the molecule is COC(=O)C1Cc2ccc(O[C@H]3CCN(CC(=O)N4CCC[C@H]4C)C3)cc2O1. The number of rotatable bonds is 5. The third kappa shape index (κ3) is 3.94. The number of methoxy groups -OCH3 is 1. The van der Waals surface area contributed by atoms with Crippen molar-refractivity contribution < 1.29 is 23.8 Å². The van der Waals surface area contributed by atoms with Crippen LogP contribution < -0.4 is 9.47 Å². The maximum absolute atomic E-state index is 12.5. The van der Waals surface area contributed by atoms with Crippen molar-refractivity contribution >= 4 is 11.9 Å². The highest BCUT2D eigenvalue weighted by Crippen LogP contribution is 2.33. The van der Waals surface area contributed by atoms with Crippen molar-refractivity contribution in [2.45, 2.75) is 50.9 Å². The van der Waals surface area contributed by atoms with Gasteiger partial charge in [-0.05, 0) is 37.8 Å². The van der Waals surface area contributed by atoms with Gasteiger partial charge >= 0.3 is 5.97 Å². The van der Waals surface area contributed by atoms with Gasteiger partial charge in [-0.1, -0.05) is 6.07 Å². The first-order valence-electron chi connectivity index (χ1n) is 10.1. The molecule has 3 aliphatic rings. The van der Waals surface area contributed by atoms with Gasteiger partial charge < -0.3 is 19.1 Å². The largest absolute Gasteiger partial charge is 0.489 e. The van der Waals surface area contributed by atoms with Crippen LogP contribution in [0.5, 0.6) is 11.5 Å². The molecule has 4 rings (SSSR count). The van der Waals surface area contributed by atoms with E-state index in [0.29, 0.717) is 24.8 Å². The molecule has 7 heteroatoms. The summed E-state index contributed by atoms with van der Waals surface area (Å²) in [7, 11) is 1.37. The average Bonchev–Trinajstić information content (AvgIpc) is 3.40. The molecule has 0 spiro atoms. The number of hydrogen-bond acceptors (Lipinski definition) is 6. The molecule has 3 atom stereocenters. The smallest absolute Gasteiger partial charge is 0.347 e. The lowest BCUT2D eigenvalue weighted by atomic mass is 10.1. The lowest BCUT2D eigenvalue weighted by Crippen LogP contribution is -2.41. The molecule has 0 N–H and O–H groups in total. The molecule has 1 amide bonds. The Morgan fingerprint density at radius 2 is 2.11 bits per heavy atom. The zero-order valence-corrected chi connectivity index (χ0v) is 16.6. The minimum atomic E-state index is -0.573. The second-order valence-corrected chi connectivity index (χ2v) is 7.95. The van der Waals surface area contributed by atoms with Crippen LogP contribution in [0.3, 0.4) is 0 Å². The maximum Gasteiger partial charge on any atom is 0.347 e. The van der Waals surface area contributed by atoms with Gasteiger partial charge in [-0.2, -0.15) is 0 Å². The number of carbonyl (C=O) groups excluding carboxylic acids is 2. The number of likely N-dealkylation sites (tertiary alicyclic amines) is 2. The van der Waals surface area contributed by atoms with Crippen LogP contribution in [0.25, 0.3) is 0 Å². The van der Waals surface area contributed by atoms with E-state index in [2.05, 4.69) is 11.8 Å². The highest BCUT2D eigenvalue weighted by atomic mass is 16.6. The fourth-order valence-electron chi connectivity index (χ4n) is 4.36. The van der Waals surface area contributed by atoms with E-state index in [9.17, 15) is 9.59 Å². The summed E-state index contributed by atoms with van der Waals surface area (Å²) in [5.74, 6) is 1.28. The Bertz CT molecular complexity index is 752. The van der Waals surface area contributed by atoms with E-state index in [-0.39, 0.29) is 18.0 Å². The van der Waals surface area contributed by atoms with Crippen molar-refractivity contribution in [3.8, 4) is 11.5 Å². The summed E-state index contributed by atoms with van der Waals surface area (Å²) in [5.41, 5.74) is 0.987. The van der Waals surface area contributed by atoms with Crippen LogP contribution in [-0.2, 0) is 20.7 Å². The third-order valence-corrected chi connectivity index (χ3v) is 5.94. The molecule has 3 aliphatic heterocycles. The van der Waals surface area contributed by atoms with Gasteiger partial charge in [0.1, 0.15) is 17.6 Å². The molecule has 152 valence electrons. The molecule has 7 nitrogen and oxygen atoms in total. The van der Waals surface area contributed by atoms with E-state index in [4.69, 9.17) is 14.2 Å². The van der Waals surface area contributed by atoms with Crippen LogP contribution in [0, 0.1) is 0 Å². The molecular weight excluding hydrogens is 360 g/mol. The van der Waals surface area contributed by atoms with Crippen molar-refractivity contribution in [1.82, 2.24) is 9.80 Å². The molecule has 0 bridgehead atoms. The Hall–Kier alpha value is -2.28. The second kappa shape index (κ2) is 7.99. The summed E-state index contributed by atoms with van der Waals surface area (Å²) in [4.78, 5) is 28.4. The first-order valence-corrected chi connectivity index (χ1v) is 10.1. The predicted octanol–water partition coefficient (Wildman–Crippen LogP) is 1.63. The summed E-state index contributed by atoms with van der Waals surface area (Å²) >= 11 is 0. The number of nitrogens with zero attached hydrogens (tertiary/aromatic N) is 2. The third-order valence-electron chi connectivity index (χ3n) is 5.94. The Balaban J connectivity index is 1.29. The molecule has 1 aromatic carbocycles. The molecule has 1 unspecified atom stereocenters. The normalized spacial score (nSPS) is 26.8. The first-order chi connectivity index (χ1) is 13.5. The Labute approximate surface area is 165 Å². The molecular formula is C21H28N2O5. The van der Waals surface area contributed by atoms with Gasteiger partial charge in [0, 0.05) is 38.2 Å². The van der Waals surface area contributed by atoms with Crippen LogP contribution in [0.2, 0.25) is 0 Å². The zero-order chi connectivity index (χ0) is 19.7. The quantitative estimate of drug-likeness (QED) is 0.714. The second-order valence-electron chi connectivity index (χ2n) is 7.95. The van der Waals surface area contributed by atoms with Gasteiger partial charge in [0.05, 0.1) is 13.7 Å². The number of carbonyl (C=O) groups is 2. The van der Waals surface area contributed by atoms with E-state index < -0.39 is 6.10 Å². The standard InChI is InChI=1S/C21H28N2O5/c1-14-4-3-8-23(14)20(24)13-22-9-7-17(12-22)27-16-6-5-15-10-19(21(25)26-2)28-18(15)11-16/h5-6,11,14,17,19H,3-4,7-10,12-13H2,1-2H3/t14-,17+,19?/m1/s1. The molecule has 28 heavy (non-hydrogen) atoms. The van der Waals surface area contributed by atoms with Gasteiger partial charge in [-0.25, -0.2) is 4.79 Å². The number of amides is 1. The molecule has 0 saturated carbocycles. The molecule has 0 radical (unpaired) electrons. The lowest BCUT2D eigenvalue weighted by Gasteiger charge is -2.24. The van der Waals surface area contributed by atoms with Crippen molar-refractivity contribution in [2.24, 2.45) is 0 Å². The average molecular weight is 388 g/mol. The number of fused-ring (bicyclic) bond motifs is 1. The van der Waals surface area contributed by atoms with Crippen LogP contribution in [0.4, 0.5) is 0 Å². The highest BCUT2D eigenvalue weighted by molar-refractivity contribution is 5.79. The van der Waals surface area contributed by atoms with Crippen molar-refractivity contribution in [2.75, 3.05) is 33.3 Å². The Kier molecular flexibility index (Phi) is 5.44. The minimum absolute atomic E-state index is 0.0552. The number of esters is 1. The van der Waals surface area contributed by atoms with E-state index >= 15 is 0 Å². The maximum atomic E-state index is 12.5. The van der Waals surface area contributed by atoms with Crippen molar-refractivity contribution in [1.29, 1.82) is 0 Å². The van der Waals surface area contributed by atoms with E-state index in [1.807, 2.05) is 23.1 Å². The van der Waals surface area contributed by atoms with E-state index in [0.717, 1.165) is 50.2 Å². The first kappa shape index (κ1) is 19.1. The van der Waals surface area contributed by atoms with Gasteiger partial charge in [0.15, 0.2) is 6.10 Å². The summed E-state index contributed by atoms with van der Waals surface area (Å²) in [6.45, 7) is 5.09. The molecule has 0 aromatic heterocycles. The summed E-state index contributed by atoms with van der Waals surface area (Å²) in [6.07, 6.45) is 3.11. The highest BCUT2D eigenvalue weighted by Gasteiger charge is 2.32. The van der Waals surface area contributed by atoms with Gasteiger partial charge in [0.25, 0.3) is 0 Å². The predicted molar refractivity (Wildman–Crippen MR) is 102 cm³/mol. The van der Waals surface area contributed by atoms with Crippen LogP contribution in [0.1, 0.15) is 31.7 Å². The van der Waals surface area contributed by atoms with E-state index in [1.54, 1.807) is 0 Å². The number of hydrogen-bond donors (Lipinski definition) is 0. The van der Waals surface area contributed by atoms with Gasteiger partial charge in [-0.15, -0.1) is 0 Å². The summed E-state index contributed by atoms with van der Waals surface area (Å²) < 4.78 is 16.6. The lowest BCUT2D eigenvalue weighted by molar-refractivity contribution is -0.147. The van der Waals surface area contributed by atoms with Crippen molar-refractivity contribution in [3.63, 3.8) is 0 Å². The van der Waals surface area contributed by atoms with Crippen LogP contribution in [-0.4, -0.2) is 73.2 Å². The monoisotopic (exact) mass is 388 g/mol. The van der Waals surface area contributed by atoms with Gasteiger partial charge in [0.2, 0.25) is 5.91 Å². The van der Waals surface area contributed by atoms with Crippen LogP contribution >= 0.6 is 0 Å². The molecule has 0 aliphatic carbocycles. The Morgan fingerprint density at radius 3 is 2.86 bits per heavy atom. The number of ether oxygens (including phenoxy) is 3. The molecule has 2 saturated heterocycles. The summed E-state index contributed by atoms with van der Waals surface area (Å²) in [6, 6.07) is 6.07. The zero-order valence-electron chi connectivity index (χ0n) is 16.6. The topological polar surface area (TPSA) is 68.3 Å². The van der Waals surface area contributed by atoms with E-state index in [1.165, 1.54) is 7.11 Å². The van der Waals surface area contributed by atoms with Gasteiger partial charge in [-0.3, -0.25) is 9.69 Å². The fourth-order valence-corrected chi connectivity index (χ4v) is 4.36. The number of benzene rings is 1. The molecule has 2 fully saturated rings. The Morgan fingerprint density at radius 1 is 1.25 bits per heavy atom. The van der Waals surface area contributed by atoms with Crippen LogP contribution in [0.15, 0.2) is 18.2 Å².